The summed E-state index contributed by atoms with van der Waals surface area (Å²) >= 11 is 5.40. The van der Waals surface area contributed by atoms with Crippen LogP contribution in [-0.4, -0.2) is 37.1 Å². The van der Waals surface area contributed by atoms with Crippen molar-refractivity contribution < 1.29 is 0 Å². The average molecular weight is 329 g/mol. The molecule has 100 valence electrons. The highest BCUT2D eigenvalue weighted by molar-refractivity contribution is 9.11. The third kappa shape index (κ3) is 3.80. The number of rotatable bonds is 6. The number of hydrogen-bond acceptors (Lipinski definition) is 3. The fourth-order valence-electron chi connectivity index (χ4n) is 2.66. The van der Waals surface area contributed by atoms with Crippen molar-refractivity contribution >= 4 is 27.3 Å². The van der Waals surface area contributed by atoms with Crippen LogP contribution in [0.25, 0.3) is 0 Å². The normalized spacial score (nSPS) is 24.8. The number of nitrogens with zero attached hydrogens (tertiary/aromatic N) is 1. The first-order valence-electron chi connectivity index (χ1n) is 6.99. The maximum atomic E-state index is 3.67. The first-order chi connectivity index (χ1) is 8.79. The fraction of sp³-hybridized carbons (Fsp3) is 0.714. The molecule has 2 fully saturated rings. The van der Waals surface area contributed by atoms with Gasteiger partial charge in [0.2, 0.25) is 0 Å². The average Bonchev–Trinajstić information content (AvgIpc) is 2.93. The van der Waals surface area contributed by atoms with Crippen LogP contribution in [0.15, 0.2) is 15.9 Å². The molecule has 1 aliphatic carbocycles. The van der Waals surface area contributed by atoms with Gasteiger partial charge in [-0.1, -0.05) is 0 Å². The first kappa shape index (κ1) is 13.1. The zero-order valence-corrected chi connectivity index (χ0v) is 13.1. The first-order valence-corrected chi connectivity index (χ1v) is 8.60. The van der Waals surface area contributed by atoms with Crippen LogP contribution in [0.3, 0.4) is 0 Å². The molecule has 0 radical (unpaired) electrons. The molecule has 1 saturated carbocycles. The molecule has 1 saturated heterocycles. The van der Waals surface area contributed by atoms with Crippen molar-refractivity contribution in [2.24, 2.45) is 5.92 Å². The Labute approximate surface area is 122 Å². The molecule has 0 spiro atoms. The van der Waals surface area contributed by atoms with E-state index in [0.717, 1.165) is 12.0 Å². The van der Waals surface area contributed by atoms with Crippen molar-refractivity contribution in [1.82, 2.24) is 10.2 Å². The highest BCUT2D eigenvalue weighted by atomic mass is 79.9. The second-order valence-electron chi connectivity index (χ2n) is 5.59. The van der Waals surface area contributed by atoms with Crippen LogP contribution < -0.4 is 5.32 Å². The minimum atomic E-state index is 0.863. The molecule has 2 nitrogen and oxygen atoms in total. The molecule has 2 aliphatic rings. The Balaban J connectivity index is 1.36. The SMILES string of the molecule is Brc1ccc(CCN2CCC(CNC3CC3)C2)s1. The van der Waals surface area contributed by atoms with E-state index in [2.05, 4.69) is 38.3 Å². The lowest BCUT2D eigenvalue weighted by molar-refractivity contribution is 0.326. The van der Waals surface area contributed by atoms with Crippen LogP contribution in [0.5, 0.6) is 0 Å². The van der Waals surface area contributed by atoms with Crippen LogP contribution in [0.1, 0.15) is 24.1 Å². The van der Waals surface area contributed by atoms with Gasteiger partial charge in [0, 0.05) is 24.0 Å². The van der Waals surface area contributed by atoms with Gasteiger partial charge in [-0.2, -0.15) is 0 Å². The quantitative estimate of drug-likeness (QED) is 0.863. The van der Waals surface area contributed by atoms with Gasteiger partial charge in [-0.05, 0) is 72.8 Å². The lowest BCUT2D eigenvalue weighted by Crippen LogP contribution is -2.28. The molecule has 3 rings (SSSR count). The highest BCUT2D eigenvalue weighted by Gasteiger charge is 2.25. The zero-order valence-electron chi connectivity index (χ0n) is 10.7. The number of hydrogen-bond donors (Lipinski definition) is 1. The van der Waals surface area contributed by atoms with Gasteiger partial charge in [0.05, 0.1) is 3.79 Å². The van der Waals surface area contributed by atoms with Gasteiger partial charge in [0.15, 0.2) is 0 Å². The maximum absolute atomic E-state index is 3.67. The van der Waals surface area contributed by atoms with Crippen LogP contribution in [0.2, 0.25) is 0 Å². The van der Waals surface area contributed by atoms with Crippen molar-refractivity contribution in [1.29, 1.82) is 0 Å². The third-order valence-corrected chi connectivity index (χ3v) is 5.63. The largest absolute Gasteiger partial charge is 0.314 e. The summed E-state index contributed by atoms with van der Waals surface area (Å²) in [6.07, 6.45) is 5.40. The Morgan fingerprint density at radius 2 is 2.22 bits per heavy atom. The van der Waals surface area contributed by atoms with E-state index in [0.29, 0.717) is 0 Å². The second kappa shape index (κ2) is 6.04. The van der Waals surface area contributed by atoms with Gasteiger partial charge >= 0.3 is 0 Å². The van der Waals surface area contributed by atoms with Gasteiger partial charge in [-0.25, -0.2) is 0 Å². The summed E-state index contributed by atoms with van der Waals surface area (Å²) in [5.74, 6) is 0.890. The molecule has 0 bridgehead atoms. The number of nitrogens with one attached hydrogen (secondary N) is 1. The molecule has 1 aromatic heterocycles. The molecule has 1 atom stereocenters. The lowest BCUT2D eigenvalue weighted by Gasteiger charge is -2.15. The van der Waals surface area contributed by atoms with E-state index < -0.39 is 0 Å². The fourth-order valence-corrected chi connectivity index (χ4v) is 4.13. The lowest BCUT2D eigenvalue weighted by atomic mass is 10.1. The van der Waals surface area contributed by atoms with Crippen LogP contribution in [0.4, 0.5) is 0 Å². The van der Waals surface area contributed by atoms with Gasteiger partial charge in [-0.15, -0.1) is 11.3 Å². The van der Waals surface area contributed by atoms with Gasteiger partial charge in [-0.3, -0.25) is 0 Å². The predicted molar refractivity (Wildman–Crippen MR) is 81.3 cm³/mol. The van der Waals surface area contributed by atoms with E-state index in [1.54, 1.807) is 0 Å². The van der Waals surface area contributed by atoms with Crippen LogP contribution in [-0.2, 0) is 6.42 Å². The molecule has 1 aliphatic heterocycles. The third-order valence-electron chi connectivity index (χ3n) is 3.95. The summed E-state index contributed by atoms with van der Waals surface area (Å²) in [5, 5.41) is 3.67. The summed E-state index contributed by atoms with van der Waals surface area (Å²) < 4.78 is 1.26. The molecule has 0 aromatic carbocycles. The van der Waals surface area contributed by atoms with E-state index in [9.17, 15) is 0 Å². The van der Waals surface area contributed by atoms with Crippen LogP contribution >= 0.6 is 27.3 Å². The topological polar surface area (TPSA) is 15.3 Å². The minimum absolute atomic E-state index is 0.863. The molecule has 18 heavy (non-hydrogen) atoms. The van der Waals surface area contributed by atoms with E-state index >= 15 is 0 Å². The Morgan fingerprint density at radius 1 is 1.33 bits per heavy atom. The van der Waals surface area contributed by atoms with Crippen LogP contribution in [0, 0.1) is 5.92 Å². The van der Waals surface area contributed by atoms with Crippen molar-refractivity contribution in [3.8, 4) is 0 Å². The molecular formula is C14H21BrN2S. The molecule has 0 amide bonds. The van der Waals surface area contributed by atoms with E-state index in [1.807, 2.05) is 11.3 Å². The molecule has 1 aromatic rings. The second-order valence-corrected chi connectivity index (χ2v) is 8.14. The summed E-state index contributed by atoms with van der Waals surface area (Å²) in [4.78, 5) is 4.13. The highest BCUT2D eigenvalue weighted by Crippen LogP contribution is 2.24. The summed E-state index contributed by atoms with van der Waals surface area (Å²) in [5.41, 5.74) is 0. The van der Waals surface area contributed by atoms with E-state index in [4.69, 9.17) is 0 Å². The number of thiophene rings is 1. The number of halogens is 1. The molecule has 1 unspecified atom stereocenters. The van der Waals surface area contributed by atoms with Gasteiger partial charge in [0.1, 0.15) is 0 Å². The van der Waals surface area contributed by atoms with Crippen molar-refractivity contribution in [3.63, 3.8) is 0 Å². The van der Waals surface area contributed by atoms with Crippen molar-refractivity contribution in [2.45, 2.75) is 31.7 Å². The molecular weight excluding hydrogens is 308 g/mol. The monoisotopic (exact) mass is 328 g/mol. The smallest absolute Gasteiger partial charge is 0.0701 e. The minimum Gasteiger partial charge on any atom is -0.314 e. The molecule has 2 heterocycles. The molecule has 4 heteroatoms. The zero-order chi connectivity index (χ0) is 12.4. The van der Waals surface area contributed by atoms with Crippen molar-refractivity contribution in [2.75, 3.05) is 26.2 Å². The predicted octanol–water partition coefficient (Wildman–Crippen LogP) is 3.13. The summed E-state index contributed by atoms with van der Waals surface area (Å²) in [6, 6.07) is 5.27. The van der Waals surface area contributed by atoms with Gasteiger partial charge < -0.3 is 10.2 Å². The van der Waals surface area contributed by atoms with E-state index in [1.165, 1.54) is 60.5 Å². The maximum Gasteiger partial charge on any atom is 0.0701 e. The van der Waals surface area contributed by atoms with E-state index in [-0.39, 0.29) is 0 Å². The summed E-state index contributed by atoms with van der Waals surface area (Å²) in [6.45, 7) is 5.06. The Bertz CT molecular complexity index is 389. The molecule has 1 N–H and O–H groups in total. The Kier molecular flexibility index (Phi) is 4.39. The Hall–Kier alpha value is 0.1000. The summed E-state index contributed by atoms with van der Waals surface area (Å²) in [7, 11) is 0. The van der Waals surface area contributed by atoms with Gasteiger partial charge in [0.25, 0.3) is 0 Å². The number of likely N-dealkylation sites (tertiary alicyclic amines) is 1. The standard InChI is InChI=1S/C14H21BrN2S/c15-14-4-3-13(18-14)6-8-17-7-5-11(10-17)9-16-12-1-2-12/h3-4,11-12,16H,1-2,5-10H2. The van der Waals surface area contributed by atoms with Crippen molar-refractivity contribution in [3.05, 3.63) is 20.8 Å². The Morgan fingerprint density at radius 3 is 2.94 bits per heavy atom.